The number of benzene rings is 1. The number of guanidine groups is 1. The summed E-state index contributed by atoms with van der Waals surface area (Å²) in [7, 11) is -0.0146. The third-order valence-corrected chi connectivity index (χ3v) is 6.64. The normalized spacial score (nSPS) is 16.0. The average molecular weight is 440 g/mol. The predicted molar refractivity (Wildman–Crippen MR) is 118 cm³/mol. The molecule has 1 aromatic rings. The van der Waals surface area contributed by atoms with Gasteiger partial charge in [-0.25, -0.2) is 8.42 Å². The first-order valence-corrected chi connectivity index (χ1v) is 11.7. The lowest BCUT2D eigenvalue weighted by Gasteiger charge is -2.35. The maximum absolute atomic E-state index is 12.5. The number of aliphatic imine (C=N–C) groups is 1. The Morgan fingerprint density at radius 1 is 1.23 bits per heavy atom. The van der Waals surface area contributed by atoms with Gasteiger partial charge in [-0.2, -0.15) is 4.31 Å². The van der Waals surface area contributed by atoms with Crippen LogP contribution in [0.4, 0.5) is 0 Å². The highest BCUT2D eigenvalue weighted by molar-refractivity contribution is 7.89. The van der Waals surface area contributed by atoms with Crippen LogP contribution in [-0.4, -0.2) is 88.2 Å². The zero-order valence-corrected chi connectivity index (χ0v) is 19.0. The minimum Gasteiger partial charge on any atom is -0.378 e. The molecule has 1 amide bonds. The van der Waals surface area contributed by atoms with E-state index in [0.29, 0.717) is 44.2 Å². The van der Waals surface area contributed by atoms with Crippen molar-refractivity contribution in [2.24, 2.45) is 4.99 Å². The van der Waals surface area contributed by atoms with Crippen LogP contribution < -0.4 is 10.6 Å². The fourth-order valence-electron chi connectivity index (χ4n) is 3.18. The van der Waals surface area contributed by atoms with Crippen LogP contribution in [0.15, 0.2) is 29.3 Å². The molecule has 0 radical (unpaired) electrons. The van der Waals surface area contributed by atoms with Crippen LogP contribution in [0.2, 0.25) is 0 Å². The molecule has 1 aromatic carbocycles. The van der Waals surface area contributed by atoms with E-state index < -0.39 is 10.0 Å². The van der Waals surface area contributed by atoms with Crippen molar-refractivity contribution in [1.29, 1.82) is 0 Å². The smallest absolute Gasteiger partial charge is 0.251 e. The van der Waals surface area contributed by atoms with E-state index in [1.54, 1.807) is 20.2 Å². The van der Waals surface area contributed by atoms with Crippen molar-refractivity contribution in [1.82, 2.24) is 19.8 Å². The third kappa shape index (κ3) is 6.96. The van der Waals surface area contributed by atoms with Gasteiger partial charge in [0.1, 0.15) is 0 Å². The Morgan fingerprint density at radius 3 is 2.53 bits per heavy atom. The summed E-state index contributed by atoms with van der Waals surface area (Å²) in [4.78, 5) is 18.2. The highest BCUT2D eigenvalue weighted by Gasteiger charge is 2.28. The van der Waals surface area contributed by atoms with Gasteiger partial charge in [-0.1, -0.05) is 12.1 Å². The quantitative estimate of drug-likeness (QED) is 0.452. The van der Waals surface area contributed by atoms with Gasteiger partial charge in [-0.3, -0.25) is 9.79 Å². The molecule has 1 fully saturated rings. The monoisotopic (exact) mass is 439 g/mol. The van der Waals surface area contributed by atoms with Crippen molar-refractivity contribution in [3.05, 3.63) is 35.4 Å². The summed E-state index contributed by atoms with van der Waals surface area (Å²) in [5, 5.41) is 5.91. The highest BCUT2D eigenvalue weighted by atomic mass is 32.2. The fraction of sp³-hybridized carbons (Fsp3) is 0.600. The number of amides is 1. The van der Waals surface area contributed by atoms with Gasteiger partial charge in [0.2, 0.25) is 10.0 Å². The Labute approximate surface area is 179 Å². The molecular formula is C20H33N5O4S. The zero-order chi connectivity index (χ0) is 22.1. The van der Waals surface area contributed by atoms with Crippen molar-refractivity contribution < 1.29 is 17.9 Å². The minimum absolute atomic E-state index is 0.000167. The van der Waals surface area contributed by atoms with Crippen molar-refractivity contribution in [3.63, 3.8) is 0 Å². The zero-order valence-electron chi connectivity index (χ0n) is 18.2. The SMILES string of the molecule is CN=C(NCc1cccc(C(=O)NC)c1)N1CCN(S(=O)(=O)CCOC(C)C)CC1. The third-order valence-electron chi connectivity index (χ3n) is 4.80. The molecule has 0 spiro atoms. The molecule has 0 aliphatic carbocycles. The van der Waals surface area contributed by atoms with E-state index in [0.717, 1.165) is 5.56 Å². The molecule has 10 heteroatoms. The van der Waals surface area contributed by atoms with Crippen LogP contribution in [0.25, 0.3) is 0 Å². The Balaban J connectivity index is 1.87. The first-order chi connectivity index (χ1) is 14.3. The summed E-state index contributed by atoms with van der Waals surface area (Å²) in [6.45, 7) is 6.44. The summed E-state index contributed by atoms with van der Waals surface area (Å²) >= 11 is 0. The van der Waals surface area contributed by atoms with E-state index in [2.05, 4.69) is 15.6 Å². The van der Waals surface area contributed by atoms with Crippen LogP contribution >= 0.6 is 0 Å². The standard InChI is InChI=1S/C20H33N5O4S/c1-16(2)29-12-13-30(27,28)25-10-8-24(9-11-25)20(22-4)23-15-17-6-5-7-18(14-17)19(26)21-3/h5-7,14,16H,8-13,15H2,1-4H3,(H,21,26)(H,22,23). The van der Waals surface area contributed by atoms with E-state index in [1.165, 1.54) is 4.31 Å². The largest absolute Gasteiger partial charge is 0.378 e. The fourth-order valence-corrected chi connectivity index (χ4v) is 4.46. The van der Waals surface area contributed by atoms with Crippen molar-refractivity contribution in [2.75, 3.05) is 52.6 Å². The van der Waals surface area contributed by atoms with E-state index >= 15 is 0 Å². The number of piperazine rings is 1. The van der Waals surface area contributed by atoms with E-state index in [4.69, 9.17) is 4.74 Å². The summed E-state index contributed by atoms with van der Waals surface area (Å²) in [5.74, 6) is 0.581. The molecule has 2 N–H and O–H groups in total. The van der Waals surface area contributed by atoms with Gasteiger partial charge < -0.3 is 20.3 Å². The predicted octanol–water partition coefficient (Wildman–Crippen LogP) is 0.494. The summed E-state index contributed by atoms with van der Waals surface area (Å²) in [6, 6.07) is 7.39. The second-order valence-electron chi connectivity index (χ2n) is 7.30. The highest BCUT2D eigenvalue weighted by Crippen LogP contribution is 2.10. The Bertz CT molecular complexity index is 833. The van der Waals surface area contributed by atoms with Gasteiger partial charge in [0.25, 0.3) is 5.91 Å². The van der Waals surface area contributed by atoms with Crippen molar-refractivity contribution in [2.45, 2.75) is 26.5 Å². The van der Waals surface area contributed by atoms with Gasteiger partial charge in [0, 0.05) is 52.4 Å². The molecule has 2 rings (SSSR count). The number of rotatable bonds is 8. The maximum atomic E-state index is 12.5. The molecular weight excluding hydrogens is 406 g/mol. The minimum atomic E-state index is -3.32. The number of carbonyl (C=O) groups is 1. The lowest BCUT2D eigenvalue weighted by atomic mass is 10.1. The van der Waals surface area contributed by atoms with Crippen LogP contribution in [0.1, 0.15) is 29.8 Å². The number of carbonyl (C=O) groups excluding carboxylic acids is 1. The van der Waals surface area contributed by atoms with Crippen LogP contribution in [0.5, 0.6) is 0 Å². The van der Waals surface area contributed by atoms with E-state index in [9.17, 15) is 13.2 Å². The molecule has 0 saturated carbocycles. The van der Waals surface area contributed by atoms with Crippen molar-refractivity contribution >= 4 is 21.9 Å². The molecule has 1 saturated heterocycles. The number of ether oxygens (including phenoxy) is 1. The second kappa shape index (κ2) is 11.3. The van der Waals surface area contributed by atoms with Gasteiger partial charge in [-0.05, 0) is 31.5 Å². The lowest BCUT2D eigenvalue weighted by molar-refractivity contribution is 0.0904. The topological polar surface area (TPSA) is 103 Å². The summed E-state index contributed by atoms with van der Waals surface area (Å²) in [6.07, 6.45) is 0.0171. The molecule has 1 heterocycles. The Hall–Kier alpha value is -2.17. The molecule has 1 aliphatic rings. The van der Waals surface area contributed by atoms with E-state index in [1.807, 2.05) is 36.9 Å². The second-order valence-corrected chi connectivity index (χ2v) is 9.39. The van der Waals surface area contributed by atoms with E-state index in [-0.39, 0.29) is 24.4 Å². The van der Waals surface area contributed by atoms with Gasteiger partial charge >= 0.3 is 0 Å². The number of nitrogens with one attached hydrogen (secondary N) is 2. The summed E-state index contributed by atoms with van der Waals surface area (Å²) < 4.78 is 31.9. The van der Waals surface area contributed by atoms with Gasteiger partial charge in [-0.15, -0.1) is 0 Å². The van der Waals surface area contributed by atoms with Crippen LogP contribution in [-0.2, 0) is 21.3 Å². The molecule has 0 aromatic heterocycles. The van der Waals surface area contributed by atoms with Gasteiger partial charge in [0.15, 0.2) is 5.96 Å². The van der Waals surface area contributed by atoms with Crippen molar-refractivity contribution in [3.8, 4) is 0 Å². The first kappa shape index (κ1) is 24.1. The average Bonchev–Trinajstić information content (AvgIpc) is 2.73. The number of hydrogen-bond acceptors (Lipinski definition) is 5. The first-order valence-electron chi connectivity index (χ1n) is 10.1. The van der Waals surface area contributed by atoms with Gasteiger partial charge in [0.05, 0.1) is 18.5 Å². The molecule has 9 nitrogen and oxygen atoms in total. The molecule has 168 valence electrons. The maximum Gasteiger partial charge on any atom is 0.251 e. The Morgan fingerprint density at radius 2 is 1.93 bits per heavy atom. The lowest BCUT2D eigenvalue weighted by Crippen LogP contribution is -2.54. The molecule has 0 atom stereocenters. The number of hydrogen-bond donors (Lipinski definition) is 2. The summed E-state index contributed by atoms with van der Waals surface area (Å²) in [5.41, 5.74) is 1.57. The molecule has 0 unspecified atom stereocenters. The van der Waals surface area contributed by atoms with Crippen LogP contribution in [0.3, 0.4) is 0 Å². The molecule has 30 heavy (non-hydrogen) atoms. The molecule has 1 aliphatic heterocycles. The number of sulfonamides is 1. The van der Waals surface area contributed by atoms with Crippen LogP contribution in [0, 0.1) is 0 Å². The molecule has 0 bridgehead atoms. The Kier molecular flexibility index (Phi) is 9.07. The number of nitrogens with zero attached hydrogens (tertiary/aromatic N) is 3.